The zero-order valence-corrected chi connectivity index (χ0v) is 12.1. The second-order valence-electron chi connectivity index (χ2n) is 4.86. The third-order valence-corrected chi connectivity index (χ3v) is 3.45. The number of aromatic nitrogens is 3. The molecule has 0 aromatic carbocycles. The molecule has 108 valence electrons. The van der Waals surface area contributed by atoms with Crippen LogP contribution in [0.1, 0.15) is 37.3 Å². The van der Waals surface area contributed by atoms with E-state index in [2.05, 4.69) is 39.2 Å². The van der Waals surface area contributed by atoms with Crippen LogP contribution in [0.2, 0.25) is 0 Å². The van der Waals surface area contributed by atoms with E-state index >= 15 is 0 Å². The highest BCUT2D eigenvalue weighted by Crippen LogP contribution is 2.16. The summed E-state index contributed by atoms with van der Waals surface area (Å²) < 4.78 is 0. The predicted molar refractivity (Wildman–Crippen MR) is 74.7 cm³/mol. The van der Waals surface area contributed by atoms with Gasteiger partial charge in [0.05, 0.1) is 0 Å². The molecular formula is C12H24N6O. The van der Waals surface area contributed by atoms with E-state index in [1.165, 1.54) is 0 Å². The first-order chi connectivity index (χ1) is 8.99. The van der Waals surface area contributed by atoms with Gasteiger partial charge >= 0.3 is 0 Å². The zero-order valence-electron chi connectivity index (χ0n) is 12.1. The third-order valence-electron chi connectivity index (χ3n) is 3.45. The molecular weight excluding hydrogens is 244 g/mol. The fraction of sp³-hybridized carbons (Fsp3) is 0.750. The lowest BCUT2D eigenvalue weighted by Crippen LogP contribution is -2.44. The highest BCUT2D eigenvalue weighted by atomic mass is 16.2. The molecule has 0 spiro atoms. The van der Waals surface area contributed by atoms with E-state index in [9.17, 15) is 4.79 Å². The number of carbonyl (C=O) groups excluding carboxylic acids is 1. The number of nitrogens with zero attached hydrogens (tertiary/aromatic N) is 3. The number of nitrogens with two attached hydrogens (primary N) is 1. The molecule has 0 aliphatic heterocycles. The number of rotatable bonds is 7. The van der Waals surface area contributed by atoms with E-state index < -0.39 is 0 Å². The summed E-state index contributed by atoms with van der Waals surface area (Å²) in [7, 11) is 4.06. The van der Waals surface area contributed by atoms with E-state index in [1.54, 1.807) is 0 Å². The van der Waals surface area contributed by atoms with Crippen LogP contribution in [0.3, 0.4) is 0 Å². The van der Waals surface area contributed by atoms with Crippen LogP contribution >= 0.6 is 0 Å². The van der Waals surface area contributed by atoms with Crippen molar-refractivity contribution in [1.29, 1.82) is 0 Å². The quantitative estimate of drug-likeness (QED) is 0.668. The number of hydrogen-bond donors (Lipinski definition) is 3. The predicted octanol–water partition coefficient (Wildman–Crippen LogP) is 0.483. The van der Waals surface area contributed by atoms with Gasteiger partial charge in [0.25, 0.3) is 5.91 Å². The fourth-order valence-electron chi connectivity index (χ4n) is 2.26. The number of anilines is 1. The second-order valence-corrected chi connectivity index (χ2v) is 4.86. The number of likely N-dealkylation sites (N-methyl/N-ethyl adjacent to an activating group) is 1. The third kappa shape index (κ3) is 4.20. The highest BCUT2D eigenvalue weighted by Gasteiger charge is 2.22. The van der Waals surface area contributed by atoms with Gasteiger partial charge in [0, 0.05) is 12.6 Å². The van der Waals surface area contributed by atoms with Crippen molar-refractivity contribution >= 4 is 11.9 Å². The Morgan fingerprint density at radius 1 is 1.42 bits per heavy atom. The maximum Gasteiger partial charge on any atom is 0.288 e. The Bertz CT molecular complexity index is 399. The maximum atomic E-state index is 11.9. The molecule has 1 rings (SSSR count). The Morgan fingerprint density at radius 2 is 2.05 bits per heavy atom. The maximum absolute atomic E-state index is 11.9. The number of carbonyl (C=O) groups is 1. The van der Waals surface area contributed by atoms with Gasteiger partial charge in [-0.15, -0.1) is 5.10 Å². The SMILES string of the molecule is CCC(CC)C(CNC(=O)c1nc(N)n[nH]1)N(C)C. The average Bonchev–Trinajstić information content (AvgIpc) is 2.80. The van der Waals surface area contributed by atoms with Crippen molar-refractivity contribution in [2.45, 2.75) is 32.7 Å². The largest absolute Gasteiger partial charge is 0.366 e. The van der Waals surface area contributed by atoms with Crippen LogP contribution in [0.4, 0.5) is 5.95 Å². The van der Waals surface area contributed by atoms with Gasteiger partial charge in [0.1, 0.15) is 0 Å². The summed E-state index contributed by atoms with van der Waals surface area (Å²) in [6.07, 6.45) is 2.18. The first-order valence-corrected chi connectivity index (χ1v) is 6.62. The zero-order chi connectivity index (χ0) is 14.4. The number of nitrogens with one attached hydrogen (secondary N) is 2. The van der Waals surface area contributed by atoms with Crippen molar-refractivity contribution in [2.75, 3.05) is 26.4 Å². The van der Waals surface area contributed by atoms with Crippen LogP contribution in [0, 0.1) is 5.92 Å². The van der Waals surface area contributed by atoms with Crippen molar-refractivity contribution in [3.05, 3.63) is 5.82 Å². The molecule has 0 saturated heterocycles. The summed E-state index contributed by atoms with van der Waals surface area (Å²) in [6, 6.07) is 0.305. The molecule has 0 aliphatic carbocycles. The van der Waals surface area contributed by atoms with E-state index in [4.69, 9.17) is 5.73 Å². The van der Waals surface area contributed by atoms with Gasteiger partial charge in [0.15, 0.2) is 0 Å². The van der Waals surface area contributed by atoms with Gasteiger partial charge in [-0.05, 0) is 20.0 Å². The van der Waals surface area contributed by atoms with Crippen LogP contribution in [0.15, 0.2) is 0 Å². The summed E-state index contributed by atoms with van der Waals surface area (Å²) in [5, 5.41) is 9.01. The molecule has 19 heavy (non-hydrogen) atoms. The Kier molecular flexibility index (Phi) is 5.75. The summed E-state index contributed by atoms with van der Waals surface area (Å²) in [5.41, 5.74) is 5.37. The van der Waals surface area contributed by atoms with Crippen molar-refractivity contribution in [3.63, 3.8) is 0 Å². The fourth-order valence-corrected chi connectivity index (χ4v) is 2.26. The van der Waals surface area contributed by atoms with Crippen LogP contribution in [-0.2, 0) is 0 Å². The Labute approximate surface area is 114 Å². The number of nitrogen functional groups attached to an aromatic ring is 1. The van der Waals surface area contributed by atoms with Gasteiger partial charge in [-0.3, -0.25) is 9.89 Å². The van der Waals surface area contributed by atoms with Crippen LogP contribution in [-0.4, -0.2) is 52.7 Å². The molecule has 7 nitrogen and oxygen atoms in total. The number of aromatic amines is 1. The molecule has 1 amide bonds. The van der Waals surface area contributed by atoms with Gasteiger partial charge in [-0.2, -0.15) is 4.98 Å². The van der Waals surface area contributed by atoms with Crippen molar-refractivity contribution < 1.29 is 4.79 Å². The topological polar surface area (TPSA) is 99.9 Å². The lowest BCUT2D eigenvalue weighted by molar-refractivity contribution is 0.0919. The molecule has 1 aromatic rings. The average molecular weight is 268 g/mol. The Morgan fingerprint density at radius 3 is 2.47 bits per heavy atom. The lowest BCUT2D eigenvalue weighted by atomic mass is 9.93. The summed E-state index contributed by atoms with van der Waals surface area (Å²) in [5.74, 6) is 0.506. The van der Waals surface area contributed by atoms with E-state index in [1.807, 2.05) is 14.1 Å². The highest BCUT2D eigenvalue weighted by molar-refractivity contribution is 5.90. The van der Waals surface area contributed by atoms with Crippen LogP contribution in [0.25, 0.3) is 0 Å². The normalized spacial score (nSPS) is 12.9. The molecule has 0 saturated carbocycles. The van der Waals surface area contributed by atoms with Crippen LogP contribution in [0.5, 0.6) is 0 Å². The second kappa shape index (κ2) is 7.08. The van der Waals surface area contributed by atoms with E-state index in [-0.39, 0.29) is 17.7 Å². The summed E-state index contributed by atoms with van der Waals surface area (Å²) >= 11 is 0. The molecule has 1 aromatic heterocycles. The van der Waals surface area contributed by atoms with Crippen molar-refractivity contribution in [1.82, 2.24) is 25.4 Å². The molecule has 7 heteroatoms. The molecule has 1 atom stereocenters. The van der Waals surface area contributed by atoms with Gasteiger partial charge in [-0.1, -0.05) is 26.7 Å². The standard InChI is InChI=1S/C12H24N6O/c1-5-8(6-2)9(18(3)4)7-14-11(19)10-15-12(13)17-16-10/h8-9H,5-7H2,1-4H3,(H,14,19)(H3,13,15,16,17). The molecule has 1 unspecified atom stereocenters. The van der Waals surface area contributed by atoms with Gasteiger partial charge in [-0.25, -0.2) is 0 Å². The van der Waals surface area contributed by atoms with E-state index in [0.29, 0.717) is 18.5 Å². The van der Waals surface area contributed by atoms with Gasteiger partial charge in [0.2, 0.25) is 11.8 Å². The van der Waals surface area contributed by atoms with Crippen LogP contribution < -0.4 is 11.1 Å². The molecule has 1 heterocycles. The molecule has 0 radical (unpaired) electrons. The summed E-state index contributed by atoms with van der Waals surface area (Å²) in [6.45, 7) is 4.92. The molecule has 0 fully saturated rings. The summed E-state index contributed by atoms with van der Waals surface area (Å²) in [4.78, 5) is 17.8. The minimum atomic E-state index is -0.276. The van der Waals surface area contributed by atoms with Crippen molar-refractivity contribution in [3.8, 4) is 0 Å². The number of hydrogen-bond acceptors (Lipinski definition) is 5. The number of amides is 1. The Hall–Kier alpha value is -1.63. The molecule has 4 N–H and O–H groups in total. The Balaban J connectivity index is 2.59. The number of H-pyrrole nitrogens is 1. The first-order valence-electron chi connectivity index (χ1n) is 6.62. The van der Waals surface area contributed by atoms with E-state index in [0.717, 1.165) is 12.8 Å². The van der Waals surface area contributed by atoms with Crippen molar-refractivity contribution in [2.24, 2.45) is 5.92 Å². The minimum absolute atomic E-state index is 0.0781. The molecule has 0 bridgehead atoms. The van der Waals surface area contributed by atoms with Gasteiger partial charge < -0.3 is 16.0 Å². The molecule has 0 aliphatic rings. The lowest BCUT2D eigenvalue weighted by Gasteiger charge is -2.31. The monoisotopic (exact) mass is 268 g/mol. The first kappa shape index (κ1) is 15.4. The smallest absolute Gasteiger partial charge is 0.288 e. The minimum Gasteiger partial charge on any atom is -0.366 e.